The van der Waals surface area contributed by atoms with Gasteiger partial charge in [-0.25, -0.2) is 4.79 Å². The van der Waals surface area contributed by atoms with Crippen molar-refractivity contribution in [2.75, 3.05) is 38.5 Å². The van der Waals surface area contributed by atoms with Crippen molar-refractivity contribution >= 4 is 45.8 Å². The predicted molar refractivity (Wildman–Crippen MR) is 147 cm³/mol. The molecule has 0 fully saturated rings. The van der Waals surface area contributed by atoms with Gasteiger partial charge in [-0.15, -0.1) is 0 Å². The number of anilines is 2. The molecule has 4 N–H and O–H groups in total. The van der Waals surface area contributed by atoms with Crippen molar-refractivity contribution in [3.05, 3.63) is 75.8 Å². The van der Waals surface area contributed by atoms with E-state index in [9.17, 15) is 19.5 Å². The lowest BCUT2D eigenvalue weighted by atomic mass is 10.0. The fourth-order valence-electron chi connectivity index (χ4n) is 4.27. The maximum atomic E-state index is 13.4. The molecule has 0 saturated carbocycles. The number of aromatic carboxylic acids is 1. The highest BCUT2D eigenvalue weighted by molar-refractivity contribution is 6.31. The highest BCUT2D eigenvalue weighted by Crippen LogP contribution is 2.36. The Morgan fingerprint density at radius 2 is 1.89 bits per heavy atom. The van der Waals surface area contributed by atoms with Crippen LogP contribution in [0.15, 0.2) is 59.5 Å². The summed E-state index contributed by atoms with van der Waals surface area (Å²) in [7, 11) is 4.76. The normalized spacial score (nSPS) is 11.8. The third-order valence-corrected chi connectivity index (χ3v) is 6.39. The molecule has 2 heterocycles. The van der Waals surface area contributed by atoms with E-state index in [2.05, 4.69) is 15.6 Å². The number of carbonyl (C=O) groups excluding carboxylic acids is 1. The van der Waals surface area contributed by atoms with E-state index >= 15 is 0 Å². The Labute approximate surface area is 223 Å². The number of carbonyl (C=O) groups is 2. The molecule has 2 aromatic carbocycles. The van der Waals surface area contributed by atoms with Crippen molar-refractivity contribution < 1.29 is 24.2 Å². The monoisotopic (exact) mass is 538 g/mol. The standard InChI is InChI=1S/C27H27ClN4O6/c1-29-20-7-5-16(28)11-18(20)19-13-25(33)32(14-24(19)38-3)23(8-9-37-2)26(34)30-17-6-4-15-10-22(27(35)36)31-21(15)12-17/h4-7,10-14,23,29,31H,8-9H2,1-3H3,(H,30,34)(H,35,36). The smallest absolute Gasteiger partial charge is 0.352 e. The number of fused-ring (bicyclic) bond motifs is 1. The zero-order chi connectivity index (χ0) is 27.4. The number of methoxy groups -OCH3 is 2. The Kier molecular flexibility index (Phi) is 8.04. The Morgan fingerprint density at radius 3 is 2.58 bits per heavy atom. The molecule has 0 aliphatic rings. The number of hydrogen-bond acceptors (Lipinski definition) is 6. The van der Waals surface area contributed by atoms with Gasteiger partial charge in [-0.1, -0.05) is 17.7 Å². The molecule has 0 spiro atoms. The van der Waals surface area contributed by atoms with Gasteiger partial charge in [-0.05, 0) is 36.4 Å². The zero-order valence-corrected chi connectivity index (χ0v) is 21.8. The Balaban J connectivity index is 1.71. The summed E-state index contributed by atoms with van der Waals surface area (Å²) in [6.07, 6.45) is 1.73. The molecular formula is C27H27ClN4O6. The summed E-state index contributed by atoms with van der Waals surface area (Å²) < 4.78 is 12.1. The molecule has 1 amide bonds. The number of nitrogens with one attached hydrogen (secondary N) is 3. The van der Waals surface area contributed by atoms with Crippen molar-refractivity contribution in [1.82, 2.24) is 9.55 Å². The van der Waals surface area contributed by atoms with Gasteiger partial charge in [0.15, 0.2) is 0 Å². The van der Waals surface area contributed by atoms with Gasteiger partial charge in [-0.2, -0.15) is 0 Å². The molecule has 198 valence electrons. The highest BCUT2D eigenvalue weighted by atomic mass is 35.5. The average Bonchev–Trinajstić information content (AvgIpc) is 3.33. The number of pyridine rings is 1. The van der Waals surface area contributed by atoms with E-state index in [0.29, 0.717) is 38.5 Å². The number of nitrogens with zero attached hydrogens (tertiary/aromatic N) is 1. The summed E-state index contributed by atoms with van der Waals surface area (Å²) in [5.41, 5.74) is 2.59. The first kappa shape index (κ1) is 26.8. The fourth-order valence-corrected chi connectivity index (χ4v) is 4.45. The van der Waals surface area contributed by atoms with Crippen LogP contribution in [0.2, 0.25) is 5.02 Å². The quantitative estimate of drug-likeness (QED) is 0.231. The number of rotatable bonds is 10. The zero-order valence-electron chi connectivity index (χ0n) is 21.0. The van der Waals surface area contributed by atoms with Gasteiger partial charge in [0.1, 0.15) is 17.5 Å². The van der Waals surface area contributed by atoms with E-state index < -0.39 is 23.5 Å². The Morgan fingerprint density at radius 1 is 1.11 bits per heavy atom. The van der Waals surface area contributed by atoms with Crippen LogP contribution in [0.1, 0.15) is 23.0 Å². The van der Waals surface area contributed by atoms with E-state index in [1.54, 1.807) is 43.4 Å². The average molecular weight is 539 g/mol. The van der Waals surface area contributed by atoms with Crippen LogP contribution in [0.4, 0.5) is 11.4 Å². The fraction of sp³-hybridized carbons (Fsp3) is 0.222. The number of aromatic nitrogens is 2. The summed E-state index contributed by atoms with van der Waals surface area (Å²) >= 11 is 6.22. The second-order valence-corrected chi connectivity index (χ2v) is 8.95. The first-order chi connectivity index (χ1) is 18.2. The largest absolute Gasteiger partial charge is 0.495 e. The van der Waals surface area contributed by atoms with Gasteiger partial charge in [0.2, 0.25) is 5.91 Å². The molecule has 38 heavy (non-hydrogen) atoms. The van der Waals surface area contributed by atoms with Crippen molar-refractivity contribution in [2.45, 2.75) is 12.5 Å². The second kappa shape index (κ2) is 11.4. The molecule has 0 aliphatic carbocycles. The van der Waals surface area contributed by atoms with Gasteiger partial charge >= 0.3 is 5.97 Å². The van der Waals surface area contributed by atoms with Crippen LogP contribution in [0.5, 0.6) is 5.75 Å². The first-order valence-electron chi connectivity index (χ1n) is 11.7. The lowest BCUT2D eigenvalue weighted by molar-refractivity contribution is -0.119. The molecule has 0 bridgehead atoms. The summed E-state index contributed by atoms with van der Waals surface area (Å²) in [4.78, 5) is 40.8. The molecule has 1 atom stereocenters. The van der Waals surface area contributed by atoms with Crippen molar-refractivity contribution in [2.24, 2.45) is 0 Å². The summed E-state index contributed by atoms with van der Waals surface area (Å²) in [5, 5.41) is 16.3. The minimum Gasteiger partial charge on any atom is -0.495 e. The number of ether oxygens (including phenoxy) is 2. The van der Waals surface area contributed by atoms with Gasteiger partial charge < -0.3 is 30.2 Å². The van der Waals surface area contributed by atoms with Crippen LogP contribution < -0.4 is 20.9 Å². The number of aromatic amines is 1. The van der Waals surface area contributed by atoms with Crippen LogP contribution in [0, 0.1) is 0 Å². The minimum absolute atomic E-state index is 0.0429. The van der Waals surface area contributed by atoms with Crippen molar-refractivity contribution in [3.63, 3.8) is 0 Å². The number of carboxylic acid groups (broad SMARTS) is 1. The van der Waals surface area contributed by atoms with Gasteiger partial charge in [0.25, 0.3) is 5.56 Å². The van der Waals surface area contributed by atoms with E-state index in [1.807, 2.05) is 0 Å². The van der Waals surface area contributed by atoms with Crippen molar-refractivity contribution in [1.29, 1.82) is 0 Å². The molecule has 4 rings (SSSR count). The third-order valence-electron chi connectivity index (χ3n) is 6.16. The molecule has 0 aliphatic heterocycles. The number of hydrogen-bond donors (Lipinski definition) is 4. The topological polar surface area (TPSA) is 135 Å². The molecule has 2 aromatic heterocycles. The molecule has 11 heteroatoms. The van der Waals surface area contributed by atoms with Gasteiger partial charge in [-0.3, -0.25) is 14.2 Å². The van der Waals surface area contributed by atoms with E-state index in [-0.39, 0.29) is 18.7 Å². The third kappa shape index (κ3) is 5.51. The molecular weight excluding hydrogens is 512 g/mol. The van der Waals surface area contributed by atoms with E-state index in [0.717, 1.165) is 5.69 Å². The lowest BCUT2D eigenvalue weighted by Crippen LogP contribution is -2.34. The predicted octanol–water partition coefficient (Wildman–Crippen LogP) is 4.61. The second-order valence-electron chi connectivity index (χ2n) is 8.52. The maximum Gasteiger partial charge on any atom is 0.352 e. The van der Waals surface area contributed by atoms with Gasteiger partial charge in [0, 0.05) is 71.7 Å². The van der Waals surface area contributed by atoms with Crippen LogP contribution in [0.25, 0.3) is 22.0 Å². The van der Waals surface area contributed by atoms with Crippen LogP contribution in [-0.4, -0.2) is 54.4 Å². The number of carboxylic acids is 1. The molecule has 0 radical (unpaired) electrons. The lowest BCUT2D eigenvalue weighted by Gasteiger charge is -2.21. The first-order valence-corrected chi connectivity index (χ1v) is 12.1. The van der Waals surface area contributed by atoms with Crippen molar-refractivity contribution in [3.8, 4) is 16.9 Å². The molecule has 4 aromatic rings. The summed E-state index contributed by atoms with van der Waals surface area (Å²) in [6.45, 7) is 0.227. The Bertz CT molecular complexity index is 1560. The van der Waals surface area contributed by atoms with Gasteiger partial charge in [0.05, 0.1) is 13.3 Å². The highest BCUT2D eigenvalue weighted by Gasteiger charge is 2.24. The van der Waals surface area contributed by atoms with E-state index in [1.165, 1.54) is 37.1 Å². The molecule has 1 unspecified atom stereocenters. The van der Waals surface area contributed by atoms with Crippen LogP contribution in [0.3, 0.4) is 0 Å². The van der Waals surface area contributed by atoms with Crippen LogP contribution >= 0.6 is 11.6 Å². The number of amides is 1. The summed E-state index contributed by atoms with van der Waals surface area (Å²) in [6, 6.07) is 12.3. The number of halogens is 1. The number of H-pyrrole nitrogens is 1. The molecule has 10 nitrogen and oxygen atoms in total. The molecule has 0 saturated heterocycles. The van der Waals surface area contributed by atoms with Crippen LogP contribution in [-0.2, 0) is 9.53 Å². The minimum atomic E-state index is -1.08. The Hall–Kier alpha value is -4.28. The maximum absolute atomic E-state index is 13.4. The number of benzene rings is 2. The van der Waals surface area contributed by atoms with E-state index in [4.69, 9.17) is 21.1 Å². The SMILES string of the molecule is CNc1ccc(Cl)cc1-c1cc(=O)n(C(CCOC)C(=O)Nc2ccc3cc(C(=O)O)[nH]c3c2)cc1OC. The summed E-state index contributed by atoms with van der Waals surface area (Å²) in [5.74, 6) is -1.14.